The van der Waals surface area contributed by atoms with E-state index >= 15 is 0 Å². The minimum Gasteiger partial charge on any atom is -0.368 e. The minimum atomic E-state index is -0.0999. The van der Waals surface area contributed by atoms with Gasteiger partial charge in [-0.3, -0.25) is 0 Å². The van der Waals surface area contributed by atoms with E-state index in [-0.39, 0.29) is 12.1 Å². The van der Waals surface area contributed by atoms with E-state index in [4.69, 9.17) is 16.6 Å². The lowest BCUT2D eigenvalue weighted by atomic mass is 10.1. The highest BCUT2D eigenvalue weighted by Crippen LogP contribution is 2.31. The molecule has 32 heavy (non-hydrogen) atoms. The van der Waals surface area contributed by atoms with Gasteiger partial charge in [0.1, 0.15) is 17.7 Å². The second-order valence-electron chi connectivity index (χ2n) is 7.70. The number of amides is 2. The van der Waals surface area contributed by atoms with E-state index in [2.05, 4.69) is 39.0 Å². The highest BCUT2D eigenvalue weighted by molar-refractivity contribution is 6.35. The van der Waals surface area contributed by atoms with Gasteiger partial charge < -0.3 is 20.9 Å². The van der Waals surface area contributed by atoms with Crippen molar-refractivity contribution < 1.29 is 4.79 Å². The van der Waals surface area contributed by atoms with E-state index < -0.39 is 0 Å². The van der Waals surface area contributed by atoms with Crippen molar-refractivity contribution in [1.29, 1.82) is 0 Å². The molecule has 4 aromatic rings. The third-order valence-electron chi connectivity index (χ3n) is 5.60. The smallest absolute Gasteiger partial charge is 0.317 e. The number of nitrogens with one attached hydrogen (secondary N) is 3. The normalized spacial score (nSPS) is 14.7. The Hall–Kier alpha value is -3.59. The zero-order chi connectivity index (χ0) is 22.1. The third kappa shape index (κ3) is 3.87. The lowest BCUT2D eigenvalue weighted by molar-refractivity contribution is 0.219. The lowest BCUT2D eigenvalue weighted by Crippen LogP contribution is -2.32. The molecule has 1 atom stereocenters. The number of rotatable bonds is 7. The van der Waals surface area contributed by atoms with Crippen molar-refractivity contribution in [2.24, 2.45) is 0 Å². The number of anilines is 2. The van der Waals surface area contributed by atoms with Crippen LogP contribution in [-0.2, 0) is 0 Å². The van der Waals surface area contributed by atoms with E-state index in [0.29, 0.717) is 31.2 Å². The van der Waals surface area contributed by atoms with Gasteiger partial charge in [0.25, 0.3) is 0 Å². The zero-order valence-electron chi connectivity index (χ0n) is 17.5. The summed E-state index contributed by atoms with van der Waals surface area (Å²) in [6.45, 7) is 4.62. The molecule has 1 aliphatic rings. The molecule has 0 radical (unpaired) electrons. The van der Waals surface area contributed by atoms with Crippen molar-refractivity contribution >= 4 is 45.7 Å². The summed E-state index contributed by atoms with van der Waals surface area (Å²) in [6, 6.07) is 11.6. The van der Waals surface area contributed by atoms with Gasteiger partial charge in [-0.1, -0.05) is 23.7 Å². The number of benzene rings is 1. The molecule has 0 bridgehead atoms. The molecule has 5 rings (SSSR count). The predicted octanol–water partition coefficient (Wildman–Crippen LogP) is 3.54. The number of para-hydroxylation sites is 1. The van der Waals surface area contributed by atoms with Crippen LogP contribution in [0.3, 0.4) is 0 Å². The van der Waals surface area contributed by atoms with Crippen LogP contribution < -0.4 is 16.0 Å². The maximum Gasteiger partial charge on any atom is 0.317 e. The average Bonchev–Trinajstić information content (AvgIpc) is 3.43. The molecule has 1 fully saturated rings. The van der Waals surface area contributed by atoms with Gasteiger partial charge in [-0.25, -0.2) is 19.3 Å². The highest BCUT2D eigenvalue weighted by Gasteiger charge is 2.20. The molecule has 1 aliphatic heterocycles. The van der Waals surface area contributed by atoms with Gasteiger partial charge in [0.05, 0.1) is 16.6 Å². The van der Waals surface area contributed by atoms with Crippen molar-refractivity contribution in [3.8, 4) is 0 Å². The summed E-state index contributed by atoms with van der Waals surface area (Å²) >= 11 is 6.41. The monoisotopic (exact) mass is 450 g/mol. The van der Waals surface area contributed by atoms with Gasteiger partial charge in [0, 0.05) is 43.3 Å². The van der Waals surface area contributed by atoms with E-state index in [1.54, 1.807) is 9.42 Å². The van der Waals surface area contributed by atoms with Crippen molar-refractivity contribution in [2.75, 3.05) is 36.8 Å². The Morgan fingerprint density at radius 3 is 3.00 bits per heavy atom. The molecule has 0 spiro atoms. The summed E-state index contributed by atoms with van der Waals surface area (Å²) in [5, 5.41) is 15.5. The molecular formula is C22H23ClN8O. The largest absolute Gasteiger partial charge is 0.368 e. The van der Waals surface area contributed by atoms with Gasteiger partial charge in [-0.2, -0.15) is 5.10 Å². The Bertz CT molecular complexity index is 1290. The van der Waals surface area contributed by atoms with Crippen molar-refractivity contribution in [3.05, 3.63) is 59.5 Å². The van der Waals surface area contributed by atoms with Gasteiger partial charge in [-0.15, -0.1) is 0 Å². The van der Waals surface area contributed by atoms with Crippen molar-refractivity contribution in [3.63, 3.8) is 0 Å². The molecular weight excluding hydrogens is 428 g/mol. The quantitative estimate of drug-likeness (QED) is 0.398. The Labute approximate surface area is 189 Å². The molecule has 9 nitrogen and oxygen atoms in total. The van der Waals surface area contributed by atoms with Crippen LogP contribution in [0, 0.1) is 0 Å². The molecule has 2 amide bonds. The Morgan fingerprint density at radius 2 is 2.16 bits per heavy atom. The first-order valence-electron chi connectivity index (χ1n) is 10.5. The molecule has 10 heteroatoms. The van der Waals surface area contributed by atoms with Gasteiger partial charge in [0.15, 0.2) is 5.82 Å². The number of urea groups is 1. The summed E-state index contributed by atoms with van der Waals surface area (Å²) in [5.74, 6) is 1.47. The van der Waals surface area contributed by atoms with Gasteiger partial charge in [0.2, 0.25) is 0 Å². The fourth-order valence-corrected chi connectivity index (χ4v) is 4.17. The molecule has 164 valence electrons. The van der Waals surface area contributed by atoms with Crippen LogP contribution in [0.1, 0.15) is 18.5 Å². The van der Waals surface area contributed by atoms with Crippen molar-refractivity contribution in [2.45, 2.75) is 13.0 Å². The number of nitrogens with zero attached hydrogens (tertiary/aromatic N) is 5. The standard InChI is InChI=1S/C22H23ClN8O/c1-14(28-21-18-6-3-9-31(18)27-13-26-21)16-12-15-4-2-5-17(23)19(15)29-20(16)24-7-10-30-11-8-25-22(30)32/h2-6,9,12-14H,7-8,10-11H2,1H3,(H,24,29)(H,25,32)(H,26,27,28). The number of pyridine rings is 1. The maximum atomic E-state index is 11.8. The number of fused-ring (bicyclic) bond motifs is 2. The highest BCUT2D eigenvalue weighted by atomic mass is 35.5. The fraction of sp³-hybridized carbons (Fsp3) is 0.273. The molecule has 1 aromatic carbocycles. The molecule has 0 aliphatic carbocycles. The molecule has 1 unspecified atom stereocenters. The van der Waals surface area contributed by atoms with Crippen LogP contribution in [0.25, 0.3) is 16.4 Å². The summed E-state index contributed by atoms with van der Waals surface area (Å²) in [6.07, 6.45) is 3.41. The first-order valence-corrected chi connectivity index (χ1v) is 10.9. The molecule has 3 N–H and O–H groups in total. The van der Waals surface area contributed by atoms with Crippen LogP contribution in [0.15, 0.2) is 48.9 Å². The molecule has 3 aromatic heterocycles. The summed E-state index contributed by atoms with van der Waals surface area (Å²) in [7, 11) is 0. The average molecular weight is 451 g/mol. The van der Waals surface area contributed by atoms with Crippen LogP contribution in [-0.4, -0.2) is 56.7 Å². The van der Waals surface area contributed by atoms with Crippen molar-refractivity contribution in [1.82, 2.24) is 29.8 Å². The number of carbonyl (C=O) groups is 1. The summed E-state index contributed by atoms with van der Waals surface area (Å²) in [5.41, 5.74) is 2.61. The Morgan fingerprint density at radius 1 is 1.25 bits per heavy atom. The number of hydrogen-bond acceptors (Lipinski definition) is 6. The predicted molar refractivity (Wildman–Crippen MR) is 125 cm³/mol. The summed E-state index contributed by atoms with van der Waals surface area (Å²) < 4.78 is 1.78. The summed E-state index contributed by atoms with van der Waals surface area (Å²) in [4.78, 5) is 22.9. The number of halogens is 1. The number of carbonyl (C=O) groups excluding carboxylic acids is 1. The first-order chi connectivity index (χ1) is 15.6. The second kappa shape index (κ2) is 8.51. The Kier molecular flexibility index (Phi) is 5.40. The molecule has 0 saturated carbocycles. The van der Waals surface area contributed by atoms with Gasteiger partial charge >= 0.3 is 6.03 Å². The fourth-order valence-electron chi connectivity index (χ4n) is 3.94. The molecule has 1 saturated heterocycles. The van der Waals surface area contributed by atoms with Gasteiger partial charge in [-0.05, 0) is 31.2 Å². The molecule has 4 heterocycles. The Balaban J connectivity index is 1.45. The number of hydrogen-bond donors (Lipinski definition) is 3. The third-order valence-corrected chi connectivity index (χ3v) is 5.90. The van der Waals surface area contributed by atoms with Crippen LogP contribution >= 0.6 is 11.6 Å². The maximum absolute atomic E-state index is 11.8. The topological polar surface area (TPSA) is 99.5 Å². The minimum absolute atomic E-state index is 0.0310. The van der Waals surface area contributed by atoms with Crippen LogP contribution in [0.4, 0.5) is 16.4 Å². The van der Waals surface area contributed by atoms with Crippen LogP contribution in [0.2, 0.25) is 5.02 Å². The van der Waals surface area contributed by atoms with Crippen LogP contribution in [0.5, 0.6) is 0 Å². The second-order valence-corrected chi connectivity index (χ2v) is 8.10. The van der Waals surface area contributed by atoms with E-state index in [9.17, 15) is 4.79 Å². The van der Waals surface area contributed by atoms with E-state index in [1.165, 1.54) is 6.33 Å². The first kappa shape index (κ1) is 20.3. The lowest BCUT2D eigenvalue weighted by Gasteiger charge is -2.21. The van der Waals surface area contributed by atoms with E-state index in [0.717, 1.165) is 33.6 Å². The number of aromatic nitrogens is 4. The zero-order valence-corrected chi connectivity index (χ0v) is 18.3. The SMILES string of the molecule is CC(Nc1ncnn2cccc12)c1cc2cccc(Cl)c2nc1NCCN1CCNC1=O. The van der Waals surface area contributed by atoms with E-state index in [1.807, 2.05) is 36.5 Å².